The molecule has 0 bridgehead atoms. The van der Waals surface area contributed by atoms with E-state index in [1.807, 2.05) is 0 Å². The van der Waals surface area contributed by atoms with E-state index in [1.165, 1.54) is 26.5 Å². The number of rotatable bonds is 8. The van der Waals surface area contributed by atoms with Crippen LogP contribution in [0.4, 0.5) is 0 Å². The van der Waals surface area contributed by atoms with E-state index in [-0.39, 0.29) is 0 Å². The predicted molar refractivity (Wildman–Crippen MR) is 77.1 cm³/mol. The lowest BCUT2D eigenvalue weighted by Crippen LogP contribution is -2.39. The van der Waals surface area contributed by atoms with Gasteiger partial charge in [-0.2, -0.15) is 0 Å². The van der Waals surface area contributed by atoms with Crippen LogP contribution in [-0.4, -0.2) is 59.8 Å². The van der Waals surface area contributed by atoms with Crippen LogP contribution >= 0.6 is 15.1 Å². The summed E-state index contributed by atoms with van der Waals surface area (Å²) >= 11 is 0. The molecule has 1 heterocycles. The van der Waals surface area contributed by atoms with Crippen molar-refractivity contribution >= 4 is 15.1 Å². The van der Waals surface area contributed by atoms with E-state index < -0.39 is 26.7 Å². The normalized spacial score (nSPS) is 20.5. The molecule has 2 unspecified atom stereocenters. The number of imidazole rings is 1. The van der Waals surface area contributed by atoms with Crippen molar-refractivity contribution < 1.29 is 30.5 Å². The third kappa shape index (κ3) is 3.00. The molecule has 0 radical (unpaired) electrons. The van der Waals surface area contributed by atoms with Crippen LogP contribution in [0.2, 0.25) is 0 Å². The van der Waals surface area contributed by atoms with Gasteiger partial charge in [0.25, 0.3) is 5.08 Å². The maximum Gasteiger partial charge on any atom is 0.374 e. The molecule has 0 saturated carbocycles. The first kappa shape index (κ1) is 15.4. The fraction of sp³-hybridized carbons (Fsp3) is 0.700. The summed E-state index contributed by atoms with van der Waals surface area (Å²) in [6.07, 6.45) is 3.46. The molecular formula is C10H21N3O6P2. The zero-order valence-corrected chi connectivity index (χ0v) is 14.2. The fourth-order valence-electron chi connectivity index (χ4n) is 1.68. The number of aromatic nitrogens is 2. The number of nitrogens with zero attached hydrogens (tertiary/aromatic N) is 3. The predicted octanol–water partition coefficient (Wildman–Crippen LogP) is 1.42. The van der Waals surface area contributed by atoms with Crippen LogP contribution in [0.25, 0.3) is 0 Å². The summed E-state index contributed by atoms with van der Waals surface area (Å²) in [6, 6.07) is 0. The summed E-state index contributed by atoms with van der Waals surface area (Å²) in [7, 11) is -3.63. The van der Waals surface area contributed by atoms with Crippen LogP contribution in [0.3, 0.4) is 0 Å². The molecule has 0 amide bonds. The van der Waals surface area contributed by atoms with Gasteiger partial charge in [0.05, 0.1) is 15.6 Å². The summed E-state index contributed by atoms with van der Waals surface area (Å²) in [5.41, 5.74) is 0. The second-order valence-electron chi connectivity index (χ2n) is 4.13. The SMILES string of the molecule is [2H]C([2H])(n1ccnc1)C(O)(P(=O)(OC)OC)P(=O)(OC)N(C)C. The second-order valence-corrected chi connectivity index (χ2v) is 9.71. The van der Waals surface area contributed by atoms with Gasteiger partial charge < -0.3 is 23.2 Å². The molecule has 0 spiro atoms. The Morgan fingerprint density at radius 2 is 1.90 bits per heavy atom. The Kier molecular flexibility index (Phi) is 4.91. The average molecular weight is 343 g/mol. The van der Waals surface area contributed by atoms with Crippen LogP contribution < -0.4 is 0 Å². The first-order valence-corrected chi connectivity index (χ1v) is 8.86. The quantitative estimate of drug-likeness (QED) is 0.707. The standard InChI is InChI=1S/C10H21N3O6P2/c1-12(2)20(15,17-3)10(14,21(16,18-4)19-5)8-13-7-6-11-9-13/h6-7,9,14H,8H2,1-5H3/i8D2. The molecule has 0 fully saturated rings. The Morgan fingerprint density at radius 3 is 2.24 bits per heavy atom. The van der Waals surface area contributed by atoms with Crippen molar-refractivity contribution in [1.82, 2.24) is 14.2 Å². The number of hydrogen-bond acceptors (Lipinski definition) is 7. The lowest BCUT2D eigenvalue weighted by molar-refractivity contribution is 0.103. The first-order chi connectivity index (χ1) is 10.5. The van der Waals surface area contributed by atoms with Crippen LogP contribution in [0.1, 0.15) is 2.74 Å². The average Bonchev–Trinajstić information content (AvgIpc) is 3.06. The van der Waals surface area contributed by atoms with Gasteiger partial charge in [-0.3, -0.25) is 9.13 Å². The van der Waals surface area contributed by atoms with Crippen molar-refractivity contribution in [2.75, 3.05) is 35.4 Å². The maximum atomic E-state index is 13.3. The van der Waals surface area contributed by atoms with Crippen LogP contribution in [0.5, 0.6) is 0 Å². The summed E-state index contributed by atoms with van der Waals surface area (Å²) in [5, 5.41) is 7.98. The molecule has 0 aliphatic carbocycles. The largest absolute Gasteiger partial charge is 0.374 e. The van der Waals surface area contributed by atoms with Crippen molar-refractivity contribution in [2.24, 2.45) is 0 Å². The van der Waals surface area contributed by atoms with E-state index >= 15 is 0 Å². The van der Waals surface area contributed by atoms with Gasteiger partial charge in [-0.05, 0) is 14.1 Å². The molecule has 1 aromatic heterocycles. The van der Waals surface area contributed by atoms with Crippen LogP contribution in [0, 0.1) is 0 Å². The molecule has 21 heavy (non-hydrogen) atoms. The van der Waals surface area contributed by atoms with Crippen molar-refractivity contribution in [3.8, 4) is 0 Å². The van der Waals surface area contributed by atoms with Gasteiger partial charge in [0.1, 0.15) is 0 Å². The molecule has 1 aromatic rings. The molecule has 122 valence electrons. The molecule has 1 N–H and O–H groups in total. The number of aliphatic hydroxyl groups is 1. The van der Waals surface area contributed by atoms with Crippen molar-refractivity contribution in [2.45, 2.75) is 11.6 Å². The minimum absolute atomic E-state index is 0.812. The van der Waals surface area contributed by atoms with E-state index in [0.717, 1.165) is 36.9 Å². The highest BCUT2D eigenvalue weighted by molar-refractivity contribution is 7.75. The Balaban J connectivity index is 3.83. The van der Waals surface area contributed by atoms with Crippen LogP contribution in [-0.2, 0) is 29.2 Å². The monoisotopic (exact) mass is 343 g/mol. The van der Waals surface area contributed by atoms with E-state index in [2.05, 4.69) is 4.98 Å². The molecule has 1 rings (SSSR count). The molecular weight excluding hydrogens is 320 g/mol. The Bertz CT molecular complexity index is 618. The molecule has 11 heteroatoms. The van der Waals surface area contributed by atoms with Crippen molar-refractivity contribution in [3.05, 3.63) is 18.7 Å². The lowest BCUT2D eigenvalue weighted by Gasteiger charge is -2.40. The third-order valence-electron chi connectivity index (χ3n) is 2.81. The van der Waals surface area contributed by atoms with E-state index in [4.69, 9.17) is 16.3 Å². The molecule has 0 aromatic carbocycles. The Hall–Kier alpha value is -0.530. The highest BCUT2D eigenvalue weighted by Gasteiger charge is 2.64. The smallest absolute Gasteiger partial charge is 0.367 e. The molecule has 0 aliphatic heterocycles. The van der Waals surface area contributed by atoms with Gasteiger partial charge in [0.15, 0.2) is 0 Å². The summed E-state index contributed by atoms with van der Waals surface area (Å²) in [6.45, 7) is -2.90. The van der Waals surface area contributed by atoms with Gasteiger partial charge in [-0.1, -0.05) is 0 Å². The van der Waals surface area contributed by atoms with Gasteiger partial charge in [-0.15, -0.1) is 0 Å². The zero-order chi connectivity index (χ0) is 18.1. The van der Waals surface area contributed by atoms with Crippen molar-refractivity contribution in [3.63, 3.8) is 0 Å². The van der Waals surface area contributed by atoms with Crippen molar-refractivity contribution in [1.29, 1.82) is 0 Å². The fourth-order valence-corrected chi connectivity index (χ4v) is 6.46. The maximum absolute atomic E-state index is 13.3. The minimum atomic E-state index is -4.66. The molecule has 2 atom stereocenters. The second kappa shape index (κ2) is 6.71. The molecule has 9 nitrogen and oxygen atoms in total. The van der Waals surface area contributed by atoms with E-state index in [9.17, 15) is 14.2 Å². The molecule has 0 aliphatic rings. The van der Waals surface area contributed by atoms with E-state index in [0.29, 0.717) is 0 Å². The zero-order valence-electron chi connectivity index (χ0n) is 14.5. The van der Waals surface area contributed by atoms with Crippen LogP contribution in [0.15, 0.2) is 18.7 Å². The Morgan fingerprint density at radius 1 is 1.33 bits per heavy atom. The lowest BCUT2D eigenvalue weighted by atomic mass is 10.6. The molecule has 0 saturated heterocycles. The third-order valence-corrected chi connectivity index (χ3v) is 8.57. The topological polar surface area (TPSA) is 103 Å². The van der Waals surface area contributed by atoms with Gasteiger partial charge >= 0.3 is 15.1 Å². The number of hydrogen-bond donors (Lipinski definition) is 1. The highest BCUT2D eigenvalue weighted by Crippen LogP contribution is 2.76. The minimum Gasteiger partial charge on any atom is -0.367 e. The van der Waals surface area contributed by atoms with Gasteiger partial charge in [0, 0.05) is 33.7 Å². The Labute approximate surface area is 126 Å². The highest BCUT2D eigenvalue weighted by atomic mass is 31.2. The summed E-state index contributed by atoms with van der Waals surface area (Å²) in [5.74, 6) is 0. The summed E-state index contributed by atoms with van der Waals surface area (Å²) < 4.78 is 59.0. The van der Waals surface area contributed by atoms with Gasteiger partial charge in [-0.25, -0.2) is 9.65 Å². The first-order valence-electron chi connectivity index (χ1n) is 6.74. The van der Waals surface area contributed by atoms with Gasteiger partial charge in [0.2, 0.25) is 0 Å². The summed E-state index contributed by atoms with van der Waals surface area (Å²) in [4.78, 5) is 3.68. The van der Waals surface area contributed by atoms with E-state index in [1.54, 1.807) is 0 Å².